The normalized spacial score (nSPS) is 10.2. The van der Waals surface area contributed by atoms with Gasteiger partial charge in [0.25, 0.3) is 5.91 Å². The Morgan fingerprint density at radius 2 is 1.89 bits per heavy atom. The van der Waals surface area contributed by atoms with Gasteiger partial charge >= 0.3 is 5.97 Å². The highest BCUT2D eigenvalue weighted by molar-refractivity contribution is 5.94. The summed E-state index contributed by atoms with van der Waals surface area (Å²) in [4.78, 5) is 22.1. The number of aliphatic carboxylic acids is 1. The summed E-state index contributed by atoms with van der Waals surface area (Å²) in [6, 6.07) is 9.20. The molecule has 0 fully saturated rings. The van der Waals surface area contributed by atoms with Gasteiger partial charge in [0.1, 0.15) is 0 Å². The molecule has 1 aromatic rings. The summed E-state index contributed by atoms with van der Waals surface area (Å²) >= 11 is 0. The average molecular weight is 259 g/mol. The maximum absolute atomic E-state index is 11.6. The molecule has 0 bridgehead atoms. The minimum atomic E-state index is -0.877. The largest absolute Gasteiger partial charge is 0.481 e. The number of hydrogen-bond acceptors (Lipinski definition) is 2. The number of nitrogens with one attached hydrogen (secondary N) is 1. The first-order valence-electron chi connectivity index (χ1n) is 6.00. The lowest BCUT2D eigenvalue weighted by Crippen LogP contribution is -2.43. The van der Waals surface area contributed by atoms with Crippen LogP contribution in [-0.4, -0.2) is 22.5 Å². The molecule has 0 saturated heterocycles. The van der Waals surface area contributed by atoms with Crippen molar-refractivity contribution >= 4 is 11.9 Å². The predicted octanol–water partition coefficient (Wildman–Crippen LogP) is 1.80. The standard InChI is InChI=1S/C15H17NO3/c1-15(2,11-10-14(18)19)16-13(17)9-8-12-6-4-3-5-7-12/h3-7H,10-11H2,1-2H3,(H,16,17)(H,18,19). The van der Waals surface area contributed by atoms with Gasteiger partial charge in [0.05, 0.1) is 0 Å². The van der Waals surface area contributed by atoms with E-state index >= 15 is 0 Å². The van der Waals surface area contributed by atoms with Crippen molar-refractivity contribution in [2.75, 3.05) is 0 Å². The lowest BCUT2D eigenvalue weighted by molar-refractivity contribution is -0.137. The Balaban J connectivity index is 2.56. The van der Waals surface area contributed by atoms with Gasteiger partial charge in [-0.15, -0.1) is 0 Å². The van der Waals surface area contributed by atoms with Gasteiger partial charge < -0.3 is 10.4 Å². The first kappa shape index (κ1) is 14.8. The fourth-order valence-electron chi connectivity index (χ4n) is 1.47. The summed E-state index contributed by atoms with van der Waals surface area (Å²) in [6.45, 7) is 3.55. The molecule has 0 aliphatic heterocycles. The quantitative estimate of drug-likeness (QED) is 0.810. The molecule has 0 aromatic heterocycles. The topological polar surface area (TPSA) is 66.4 Å². The van der Waals surface area contributed by atoms with Crippen LogP contribution in [-0.2, 0) is 9.59 Å². The molecule has 0 aliphatic rings. The summed E-state index contributed by atoms with van der Waals surface area (Å²) in [6.07, 6.45) is 0.375. The van der Waals surface area contributed by atoms with Crippen LogP contribution in [0.25, 0.3) is 0 Å². The molecule has 0 saturated carbocycles. The SMILES string of the molecule is CC(C)(CCC(=O)O)NC(=O)C#Cc1ccccc1. The van der Waals surface area contributed by atoms with Crippen LogP contribution in [0.5, 0.6) is 0 Å². The van der Waals surface area contributed by atoms with Crippen LogP contribution >= 0.6 is 0 Å². The molecule has 1 amide bonds. The monoisotopic (exact) mass is 259 g/mol. The molecule has 100 valence electrons. The number of carboxylic acids is 1. The Morgan fingerprint density at radius 1 is 1.26 bits per heavy atom. The zero-order chi connectivity index (χ0) is 14.3. The molecule has 0 radical (unpaired) electrons. The van der Waals surface area contributed by atoms with Gasteiger partial charge in [0, 0.05) is 23.4 Å². The van der Waals surface area contributed by atoms with E-state index in [4.69, 9.17) is 5.11 Å². The molecule has 0 unspecified atom stereocenters. The molecule has 4 nitrogen and oxygen atoms in total. The number of amides is 1. The van der Waals surface area contributed by atoms with Crippen molar-refractivity contribution in [3.8, 4) is 11.8 Å². The van der Waals surface area contributed by atoms with Crippen molar-refractivity contribution in [2.45, 2.75) is 32.2 Å². The lowest BCUT2D eigenvalue weighted by Gasteiger charge is -2.24. The van der Waals surface area contributed by atoms with Gasteiger partial charge in [-0.1, -0.05) is 24.1 Å². The average Bonchev–Trinajstić information content (AvgIpc) is 2.35. The summed E-state index contributed by atoms with van der Waals surface area (Å²) < 4.78 is 0. The maximum atomic E-state index is 11.6. The van der Waals surface area contributed by atoms with Crippen LogP contribution in [0.3, 0.4) is 0 Å². The number of carboxylic acid groups (broad SMARTS) is 1. The van der Waals surface area contributed by atoms with Crippen LogP contribution < -0.4 is 5.32 Å². The van der Waals surface area contributed by atoms with E-state index in [1.807, 2.05) is 30.3 Å². The molecule has 1 aromatic carbocycles. The van der Waals surface area contributed by atoms with E-state index in [9.17, 15) is 9.59 Å². The highest BCUT2D eigenvalue weighted by atomic mass is 16.4. The summed E-state index contributed by atoms with van der Waals surface area (Å²) in [5.74, 6) is 3.97. The van der Waals surface area contributed by atoms with E-state index in [0.29, 0.717) is 6.42 Å². The van der Waals surface area contributed by atoms with Crippen molar-refractivity contribution in [3.05, 3.63) is 35.9 Å². The van der Waals surface area contributed by atoms with E-state index < -0.39 is 17.4 Å². The number of carbonyl (C=O) groups is 2. The minimum Gasteiger partial charge on any atom is -0.481 e. The van der Waals surface area contributed by atoms with E-state index in [1.165, 1.54) is 0 Å². The van der Waals surface area contributed by atoms with Crippen molar-refractivity contribution in [3.63, 3.8) is 0 Å². The van der Waals surface area contributed by atoms with Gasteiger partial charge in [0.15, 0.2) is 0 Å². The minimum absolute atomic E-state index is 0.0133. The predicted molar refractivity (Wildman–Crippen MR) is 72.4 cm³/mol. The van der Waals surface area contributed by atoms with E-state index in [-0.39, 0.29) is 6.42 Å². The smallest absolute Gasteiger partial charge is 0.303 e. The number of rotatable bonds is 4. The Morgan fingerprint density at radius 3 is 2.47 bits per heavy atom. The Kier molecular flexibility index (Phi) is 5.13. The number of benzene rings is 1. The molecule has 0 heterocycles. The van der Waals surface area contributed by atoms with Crippen molar-refractivity contribution in [2.24, 2.45) is 0 Å². The molecule has 1 rings (SSSR count). The van der Waals surface area contributed by atoms with Crippen molar-refractivity contribution < 1.29 is 14.7 Å². The first-order valence-corrected chi connectivity index (χ1v) is 6.00. The van der Waals surface area contributed by atoms with Gasteiger partial charge in [-0.25, -0.2) is 0 Å². The van der Waals surface area contributed by atoms with Crippen LogP contribution in [0.15, 0.2) is 30.3 Å². The number of carbonyl (C=O) groups excluding carboxylic acids is 1. The van der Waals surface area contributed by atoms with Crippen molar-refractivity contribution in [1.82, 2.24) is 5.32 Å². The van der Waals surface area contributed by atoms with Gasteiger partial charge in [-0.3, -0.25) is 9.59 Å². The zero-order valence-corrected chi connectivity index (χ0v) is 11.1. The van der Waals surface area contributed by atoms with Gasteiger partial charge in [-0.05, 0) is 32.4 Å². The summed E-state index contributed by atoms with van der Waals surface area (Å²) in [5.41, 5.74) is 0.182. The molecule has 19 heavy (non-hydrogen) atoms. The second-order valence-corrected chi connectivity index (χ2v) is 4.85. The van der Waals surface area contributed by atoms with Gasteiger partial charge in [-0.2, -0.15) is 0 Å². The molecule has 0 spiro atoms. The molecular weight excluding hydrogens is 242 g/mol. The van der Waals surface area contributed by atoms with E-state index in [2.05, 4.69) is 17.2 Å². The van der Waals surface area contributed by atoms with Crippen LogP contribution in [0.2, 0.25) is 0 Å². The fraction of sp³-hybridized carbons (Fsp3) is 0.333. The summed E-state index contributed by atoms with van der Waals surface area (Å²) in [7, 11) is 0. The maximum Gasteiger partial charge on any atom is 0.303 e. The highest BCUT2D eigenvalue weighted by Gasteiger charge is 2.20. The van der Waals surface area contributed by atoms with E-state index in [0.717, 1.165) is 5.56 Å². The molecule has 2 N–H and O–H groups in total. The second-order valence-electron chi connectivity index (χ2n) is 4.85. The van der Waals surface area contributed by atoms with E-state index in [1.54, 1.807) is 13.8 Å². The Hall–Kier alpha value is -2.28. The zero-order valence-electron chi connectivity index (χ0n) is 11.1. The molecule has 4 heteroatoms. The Labute approximate surface area is 112 Å². The third-order valence-corrected chi connectivity index (χ3v) is 2.51. The van der Waals surface area contributed by atoms with Gasteiger partial charge in [0.2, 0.25) is 0 Å². The third kappa shape index (κ3) is 6.27. The third-order valence-electron chi connectivity index (χ3n) is 2.51. The van der Waals surface area contributed by atoms with Crippen LogP contribution in [0.1, 0.15) is 32.3 Å². The summed E-state index contributed by atoms with van der Waals surface area (Å²) in [5, 5.41) is 11.3. The fourth-order valence-corrected chi connectivity index (χ4v) is 1.47. The number of hydrogen-bond donors (Lipinski definition) is 2. The first-order chi connectivity index (χ1) is 8.89. The molecular formula is C15H17NO3. The van der Waals surface area contributed by atoms with Crippen LogP contribution in [0, 0.1) is 11.8 Å². The Bertz CT molecular complexity index is 509. The molecule has 0 atom stereocenters. The molecule has 0 aliphatic carbocycles. The highest BCUT2D eigenvalue weighted by Crippen LogP contribution is 2.10. The van der Waals surface area contributed by atoms with Crippen molar-refractivity contribution in [1.29, 1.82) is 0 Å². The second kappa shape index (κ2) is 6.60. The van der Waals surface area contributed by atoms with Crippen LogP contribution in [0.4, 0.5) is 0 Å². The lowest BCUT2D eigenvalue weighted by atomic mass is 9.98.